The first-order valence-electron chi connectivity index (χ1n) is 5.03. The Morgan fingerprint density at radius 2 is 1.75 bits per heavy atom. The molecule has 0 radical (unpaired) electrons. The van der Waals surface area contributed by atoms with E-state index in [4.69, 9.17) is 0 Å². The van der Waals surface area contributed by atoms with Crippen molar-refractivity contribution in [3.05, 3.63) is 43.0 Å². The smallest absolute Gasteiger partial charge is 0.141 e. The number of rotatable bonds is 1. The molecule has 78 valence electrons. The first-order chi connectivity index (χ1) is 7.86. The van der Waals surface area contributed by atoms with Crippen LogP contribution in [0.4, 0.5) is 0 Å². The number of hydrogen-bond donors (Lipinski definition) is 0. The highest BCUT2D eigenvalue weighted by atomic mass is 15.1. The van der Waals surface area contributed by atoms with E-state index in [1.807, 2.05) is 36.0 Å². The first kappa shape index (κ1) is 9.03. The Bertz CT molecular complexity index is 628. The van der Waals surface area contributed by atoms with E-state index in [1.165, 1.54) is 0 Å². The van der Waals surface area contributed by atoms with Gasteiger partial charge in [0.2, 0.25) is 0 Å². The van der Waals surface area contributed by atoms with Crippen molar-refractivity contribution in [2.45, 2.75) is 0 Å². The lowest BCUT2D eigenvalue weighted by molar-refractivity contribution is 0.955. The number of imidazole rings is 1. The molecule has 0 spiro atoms. The highest BCUT2D eigenvalue weighted by Gasteiger charge is 2.08. The second-order valence-electron chi connectivity index (χ2n) is 3.59. The molecular weight excluding hydrogens is 200 g/mol. The Labute approximate surface area is 92.6 Å². The van der Waals surface area contributed by atoms with Crippen LogP contribution in [0.1, 0.15) is 0 Å². The van der Waals surface area contributed by atoms with Crippen LogP contribution in [0.15, 0.2) is 43.0 Å². The molecule has 4 nitrogen and oxygen atoms in total. The molecule has 0 aliphatic rings. The van der Waals surface area contributed by atoms with Gasteiger partial charge in [-0.2, -0.15) is 0 Å². The zero-order valence-electron chi connectivity index (χ0n) is 8.83. The van der Waals surface area contributed by atoms with Gasteiger partial charge in [0.25, 0.3) is 0 Å². The molecule has 0 aromatic carbocycles. The monoisotopic (exact) mass is 210 g/mol. The van der Waals surface area contributed by atoms with Gasteiger partial charge >= 0.3 is 0 Å². The van der Waals surface area contributed by atoms with E-state index < -0.39 is 0 Å². The molecule has 0 N–H and O–H groups in total. The number of fused-ring (bicyclic) bond motifs is 1. The molecule has 16 heavy (non-hydrogen) atoms. The number of pyridine rings is 2. The van der Waals surface area contributed by atoms with E-state index in [-0.39, 0.29) is 0 Å². The minimum absolute atomic E-state index is 0.936. The lowest BCUT2D eigenvalue weighted by Gasteiger charge is -2.00. The van der Waals surface area contributed by atoms with Crippen LogP contribution in [0.5, 0.6) is 0 Å². The highest BCUT2D eigenvalue weighted by Crippen LogP contribution is 2.21. The molecular formula is C12H10N4. The molecule has 3 heterocycles. The minimum atomic E-state index is 0.936. The highest BCUT2D eigenvalue weighted by molar-refractivity contribution is 5.79. The normalized spacial score (nSPS) is 10.8. The topological polar surface area (TPSA) is 43.6 Å². The van der Waals surface area contributed by atoms with E-state index in [0.29, 0.717) is 0 Å². The van der Waals surface area contributed by atoms with Crippen molar-refractivity contribution in [2.24, 2.45) is 7.05 Å². The van der Waals surface area contributed by atoms with Crippen molar-refractivity contribution >= 4 is 11.0 Å². The number of aromatic nitrogens is 4. The maximum absolute atomic E-state index is 4.58. The summed E-state index contributed by atoms with van der Waals surface area (Å²) < 4.78 is 2.04. The van der Waals surface area contributed by atoms with Gasteiger partial charge in [0.1, 0.15) is 5.82 Å². The fourth-order valence-corrected chi connectivity index (χ4v) is 1.79. The summed E-state index contributed by atoms with van der Waals surface area (Å²) in [6.07, 6.45) is 7.12. The molecule has 0 aliphatic heterocycles. The zero-order valence-corrected chi connectivity index (χ0v) is 8.83. The lowest BCUT2D eigenvalue weighted by Crippen LogP contribution is -1.92. The molecule has 0 atom stereocenters. The van der Waals surface area contributed by atoms with Crippen LogP contribution in [0.25, 0.3) is 22.4 Å². The molecule has 3 rings (SSSR count). The minimum Gasteiger partial charge on any atom is -0.326 e. The average Bonchev–Trinajstić information content (AvgIpc) is 2.69. The van der Waals surface area contributed by atoms with Gasteiger partial charge in [-0.3, -0.25) is 9.97 Å². The third-order valence-electron chi connectivity index (χ3n) is 2.62. The van der Waals surface area contributed by atoms with E-state index in [9.17, 15) is 0 Å². The first-order valence-corrected chi connectivity index (χ1v) is 5.03. The fourth-order valence-electron chi connectivity index (χ4n) is 1.79. The summed E-state index contributed by atoms with van der Waals surface area (Å²) in [6, 6.07) is 5.82. The number of nitrogens with zero attached hydrogens (tertiary/aromatic N) is 4. The lowest BCUT2D eigenvalue weighted by atomic mass is 10.2. The van der Waals surface area contributed by atoms with Gasteiger partial charge < -0.3 is 4.57 Å². The predicted octanol–water partition coefficient (Wildman–Crippen LogP) is 2.03. The van der Waals surface area contributed by atoms with E-state index in [0.717, 1.165) is 22.4 Å². The van der Waals surface area contributed by atoms with E-state index in [1.54, 1.807) is 18.6 Å². The van der Waals surface area contributed by atoms with Gasteiger partial charge in [0.05, 0.1) is 17.2 Å². The molecule has 0 saturated carbocycles. The van der Waals surface area contributed by atoms with Crippen LogP contribution < -0.4 is 0 Å². The molecule has 4 heteroatoms. The van der Waals surface area contributed by atoms with Crippen LogP contribution in [0.2, 0.25) is 0 Å². The summed E-state index contributed by atoms with van der Waals surface area (Å²) in [4.78, 5) is 12.7. The van der Waals surface area contributed by atoms with Crippen LogP contribution in [0.3, 0.4) is 0 Å². The summed E-state index contributed by atoms with van der Waals surface area (Å²) in [5.41, 5.74) is 3.06. The van der Waals surface area contributed by atoms with Crippen molar-refractivity contribution in [1.82, 2.24) is 19.5 Å². The second kappa shape index (κ2) is 3.41. The molecule has 0 unspecified atom stereocenters. The Hall–Kier alpha value is -2.23. The van der Waals surface area contributed by atoms with Gasteiger partial charge in [0.15, 0.2) is 0 Å². The van der Waals surface area contributed by atoms with Gasteiger partial charge in [-0.1, -0.05) is 0 Å². The van der Waals surface area contributed by atoms with Gasteiger partial charge in [-0.05, 0) is 18.2 Å². The Morgan fingerprint density at radius 1 is 1.00 bits per heavy atom. The van der Waals surface area contributed by atoms with Crippen molar-refractivity contribution < 1.29 is 0 Å². The van der Waals surface area contributed by atoms with Crippen molar-refractivity contribution in [3.63, 3.8) is 0 Å². The van der Waals surface area contributed by atoms with E-state index in [2.05, 4.69) is 15.0 Å². The molecule has 0 bridgehead atoms. The van der Waals surface area contributed by atoms with Crippen molar-refractivity contribution in [3.8, 4) is 11.4 Å². The van der Waals surface area contributed by atoms with Gasteiger partial charge in [0, 0.05) is 31.2 Å². The van der Waals surface area contributed by atoms with Crippen LogP contribution >= 0.6 is 0 Å². The van der Waals surface area contributed by atoms with Crippen LogP contribution in [-0.2, 0) is 7.05 Å². The summed E-state index contributed by atoms with van der Waals surface area (Å²) in [5, 5.41) is 0. The largest absolute Gasteiger partial charge is 0.326 e. The van der Waals surface area contributed by atoms with Crippen LogP contribution in [0, 0.1) is 0 Å². The molecule has 3 aromatic rings. The van der Waals surface area contributed by atoms with Crippen LogP contribution in [-0.4, -0.2) is 19.5 Å². The number of hydrogen-bond acceptors (Lipinski definition) is 3. The maximum Gasteiger partial charge on any atom is 0.141 e. The van der Waals surface area contributed by atoms with Gasteiger partial charge in [-0.15, -0.1) is 0 Å². The quantitative estimate of drug-likeness (QED) is 0.617. The Balaban J connectivity index is 2.29. The SMILES string of the molecule is Cn1c(-c2ccncc2)nc2ccncc21. The molecule has 0 aliphatic carbocycles. The van der Waals surface area contributed by atoms with Crippen molar-refractivity contribution in [1.29, 1.82) is 0 Å². The number of aryl methyl sites for hydroxylation is 1. The Kier molecular flexibility index (Phi) is 1.93. The predicted molar refractivity (Wildman–Crippen MR) is 61.7 cm³/mol. The molecule has 0 saturated heterocycles. The fraction of sp³-hybridized carbons (Fsp3) is 0.0833. The second-order valence-corrected chi connectivity index (χ2v) is 3.59. The molecule has 3 aromatic heterocycles. The third kappa shape index (κ3) is 1.27. The Morgan fingerprint density at radius 3 is 2.50 bits per heavy atom. The molecule has 0 fully saturated rings. The standard InChI is InChI=1S/C12H10N4/c1-16-11-8-14-7-4-10(11)15-12(16)9-2-5-13-6-3-9/h2-8H,1H3. The average molecular weight is 210 g/mol. The summed E-state index contributed by atoms with van der Waals surface area (Å²) in [6.45, 7) is 0. The van der Waals surface area contributed by atoms with Gasteiger partial charge in [-0.25, -0.2) is 4.98 Å². The van der Waals surface area contributed by atoms with E-state index >= 15 is 0 Å². The summed E-state index contributed by atoms with van der Waals surface area (Å²) in [5.74, 6) is 0.936. The summed E-state index contributed by atoms with van der Waals surface area (Å²) >= 11 is 0. The maximum atomic E-state index is 4.58. The van der Waals surface area contributed by atoms with Crippen molar-refractivity contribution in [2.75, 3.05) is 0 Å². The molecule has 0 amide bonds. The summed E-state index contributed by atoms with van der Waals surface area (Å²) in [7, 11) is 1.99. The zero-order chi connectivity index (χ0) is 11.0. The third-order valence-corrected chi connectivity index (χ3v) is 2.62.